The summed E-state index contributed by atoms with van der Waals surface area (Å²) in [4.78, 5) is 8.98. The van der Waals surface area contributed by atoms with Crippen molar-refractivity contribution in [3.8, 4) is 17.7 Å². The number of hydrogen-bond acceptors (Lipinski definition) is 4. The quantitative estimate of drug-likeness (QED) is 0.734. The molecule has 1 unspecified atom stereocenters. The van der Waals surface area contributed by atoms with Crippen LogP contribution in [0.1, 0.15) is 29.0 Å². The van der Waals surface area contributed by atoms with Crippen molar-refractivity contribution in [3.05, 3.63) is 71.2 Å². The molecule has 24 heavy (non-hydrogen) atoms. The molecule has 118 valence electrons. The number of benzene rings is 1. The Morgan fingerprint density at radius 2 is 2.17 bits per heavy atom. The summed E-state index contributed by atoms with van der Waals surface area (Å²) in [6, 6.07) is 15.8. The Hall–Kier alpha value is -2.93. The first kappa shape index (κ1) is 14.6. The summed E-state index contributed by atoms with van der Waals surface area (Å²) < 4.78 is 5.91. The Kier molecular flexibility index (Phi) is 3.84. The van der Waals surface area contributed by atoms with Crippen LogP contribution in [0.3, 0.4) is 0 Å². The maximum atomic E-state index is 9.03. The molecule has 2 heterocycles. The molecule has 1 aliphatic rings. The number of pyridine rings is 1. The minimum absolute atomic E-state index is 0.535. The number of aromatic nitrogens is 2. The molecule has 1 aromatic carbocycles. The van der Waals surface area contributed by atoms with Gasteiger partial charge >= 0.3 is 0 Å². The standard InChI is InChI=1S/C20H17N3O/c21-13-16-5-3-4-14(11-16)10-15-7-8-19-18(12-15)23-20(24-19)17-6-1-2-9-22-17/h1-6,9,11,15H,7-8,10,12H2. The van der Waals surface area contributed by atoms with Crippen LogP contribution in [0.25, 0.3) is 11.6 Å². The fraction of sp³-hybridized carbons (Fsp3) is 0.250. The third-order valence-electron chi connectivity index (χ3n) is 4.50. The van der Waals surface area contributed by atoms with Crippen molar-refractivity contribution in [1.82, 2.24) is 9.97 Å². The van der Waals surface area contributed by atoms with Crippen LogP contribution in [0, 0.1) is 17.2 Å². The smallest absolute Gasteiger partial charge is 0.245 e. The first-order valence-corrected chi connectivity index (χ1v) is 8.21. The number of fused-ring (bicyclic) bond motifs is 1. The average molecular weight is 315 g/mol. The highest BCUT2D eigenvalue weighted by atomic mass is 16.4. The van der Waals surface area contributed by atoms with Crippen LogP contribution >= 0.6 is 0 Å². The van der Waals surface area contributed by atoms with Crippen LogP contribution in [0.2, 0.25) is 0 Å². The van der Waals surface area contributed by atoms with Gasteiger partial charge in [0.15, 0.2) is 0 Å². The fourth-order valence-corrected chi connectivity index (χ4v) is 3.32. The van der Waals surface area contributed by atoms with E-state index in [1.807, 2.05) is 36.4 Å². The van der Waals surface area contributed by atoms with Gasteiger partial charge in [-0.3, -0.25) is 4.98 Å². The lowest BCUT2D eigenvalue weighted by molar-refractivity contribution is 0.405. The summed E-state index contributed by atoms with van der Waals surface area (Å²) in [7, 11) is 0. The Bertz CT molecular complexity index is 893. The molecule has 0 fully saturated rings. The van der Waals surface area contributed by atoms with E-state index in [-0.39, 0.29) is 0 Å². The van der Waals surface area contributed by atoms with Gasteiger partial charge in [0.25, 0.3) is 0 Å². The minimum atomic E-state index is 0.535. The van der Waals surface area contributed by atoms with Crippen molar-refractivity contribution >= 4 is 0 Å². The van der Waals surface area contributed by atoms with E-state index in [1.165, 1.54) is 5.56 Å². The first-order chi connectivity index (χ1) is 11.8. The van der Waals surface area contributed by atoms with E-state index in [0.717, 1.165) is 48.4 Å². The van der Waals surface area contributed by atoms with Gasteiger partial charge in [0.05, 0.1) is 17.3 Å². The summed E-state index contributed by atoms with van der Waals surface area (Å²) in [5.41, 5.74) is 3.78. The molecule has 0 spiro atoms. The molecule has 0 N–H and O–H groups in total. The van der Waals surface area contributed by atoms with Crippen LogP contribution in [0.15, 0.2) is 53.1 Å². The number of aryl methyl sites for hydroxylation is 1. The van der Waals surface area contributed by atoms with Gasteiger partial charge in [0.1, 0.15) is 11.5 Å². The van der Waals surface area contributed by atoms with Gasteiger partial charge in [0.2, 0.25) is 5.89 Å². The Morgan fingerprint density at radius 3 is 3.00 bits per heavy atom. The second kappa shape index (κ2) is 6.29. The molecule has 0 saturated carbocycles. The summed E-state index contributed by atoms with van der Waals surface area (Å²) in [5, 5.41) is 9.03. The monoisotopic (exact) mass is 315 g/mol. The number of nitrogens with zero attached hydrogens (tertiary/aromatic N) is 3. The van der Waals surface area contributed by atoms with Crippen molar-refractivity contribution in [2.75, 3.05) is 0 Å². The predicted molar refractivity (Wildman–Crippen MR) is 90.1 cm³/mol. The van der Waals surface area contributed by atoms with Gasteiger partial charge in [-0.25, -0.2) is 4.98 Å². The Morgan fingerprint density at radius 1 is 1.21 bits per heavy atom. The summed E-state index contributed by atoms with van der Waals surface area (Å²) >= 11 is 0. The van der Waals surface area contributed by atoms with E-state index in [9.17, 15) is 0 Å². The molecule has 4 rings (SSSR count). The summed E-state index contributed by atoms with van der Waals surface area (Å²) in [6.45, 7) is 0. The molecular formula is C20H17N3O. The van der Waals surface area contributed by atoms with Crippen molar-refractivity contribution in [2.24, 2.45) is 5.92 Å². The van der Waals surface area contributed by atoms with Gasteiger partial charge in [-0.1, -0.05) is 18.2 Å². The zero-order valence-electron chi connectivity index (χ0n) is 13.3. The van der Waals surface area contributed by atoms with Crippen LogP contribution in [-0.2, 0) is 19.3 Å². The zero-order chi connectivity index (χ0) is 16.4. The maximum Gasteiger partial charge on any atom is 0.245 e. The predicted octanol–water partition coefficient (Wildman–Crippen LogP) is 3.96. The number of oxazole rings is 1. The summed E-state index contributed by atoms with van der Waals surface area (Å²) in [5.74, 6) is 2.15. The highest BCUT2D eigenvalue weighted by molar-refractivity contribution is 5.47. The second-order valence-electron chi connectivity index (χ2n) is 6.23. The van der Waals surface area contributed by atoms with Crippen LogP contribution < -0.4 is 0 Å². The van der Waals surface area contributed by atoms with Gasteiger partial charge in [0, 0.05) is 12.6 Å². The van der Waals surface area contributed by atoms with Crippen LogP contribution in [0.4, 0.5) is 0 Å². The highest BCUT2D eigenvalue weighted by Gasteiger charge is 2.25. The fourth-order valence-electron chi connectivity index (χ4n) is 3.32. The minimum Gasteiger partial charge on any atom is -0.440 e. The lowest BCUT2D eigenvalue weighted by Gasteiger charge is -2.20. The van der Waals surface area contributed by atoms with E-state index in [0.29, 0.717) is 11.8 Å². The Labute approximate surface area is 140 Å². The van der Waals surface area contributed by atoms with Crippen molar-refractivity contribution in [3.63, 3.8) is 0 Å². The molecule has 1 atom stereocenters. The van der Waals surface area contributed by atoms with Gasteiger partial charge < -0.3 is 4.42 Å². The molecule has 3 aromatic rings. The number of rotatable bonds is 3. The lowest BCUT2D eigenvalue weighted by atomic mass is 9.85. The summed E-state index contributed by atoms with van der Waals surface area (Å²) in [6.07, 6.45) is 5.64. The van der Waals surface area contributed by atoms with Crippen LogP contribution in [0.5, 0.6) is 0 Å². The van der Waals surface area contributed by atoms with E-state index in [2.05, 4.69) is 22.1 Å². The van der Waals surface area contributed by atoms with Crippen molar-refractivity contribution in [2.45, 2.75) is 25.7 Å². The SMILES string of the molecule is N#Cc1cccc(CC2CCc3oc(-c4ccccn4)nc3C2)c1. The Balaban J connectivity index is 1.52. The highest BCUT2D eigenvalue weighted by Crippen LogP contribution is 2.31. The maximum absolute atomic E-state index is 9.03. The molecule has 0 amide bonds. The van der Waals surface area contributed by atoms with Gasteiger partial charge in [-0.15, -0.1) is 0 Å². The molecule has 0 radical (unpaired) electrons. The van der Waals surface area contributed by atoms with Gasteiger partial charge in [-0.05, 0) is 55.0 Å². The molecule has 1 aliphatic carbocycles. The van der Waals surface area contributed by atoms with Crippen LogP contribution in [-0.4, -0.2) is 9.97 Å². The van der Waals surface area contributed by atoms with Gasteiger partial charge in [-0.2, -0.15) is 5.26 Å². The molecular weight excluding hydrogens is 298 g/mol. The molecule has 4 heteroatoms. The van der Waals surface area contributed by atoms with E-state index in [4.69, 9.17) is 9.68 Å². The molecule has 0 saturated heterocycles. The molecule has 0 aliphatic heterocycles. The average Bonchev–Trinajstić information content (AvgIpc) is 3.06. The van der Waals surface area contributed by atoms with Crippen molar-refractivity contribution < 1.29 is 4.42 Å². The third-order valence-corrected chi connectivity index (χ3v) is 4.50. The van der Waals surface area contributed by atoms with E-state index in [1.54, 1.807) is 6.20 Å². The topological polar surface area (TPSA) is 62.7 Å². The third kappa shape index (κ3) is 2.93. The lowest BCUT2D eigenvalue weighted by Crippen LogP contribution is -2.16. The molecule has 0 bridgehead atoms. The molecule has 2 aromatic heterocycles. The van der Waals surface area contributed by atoms with E-state index >= 15 is 0 Å². The van der Waals surface area contributed by atoms with E-state index < -0.39 is 0 Å². The second-order valence-corrected chi connectivity index (χ2v) is 6.23. The molecule has 4 nitrogen and oxygen atoms in total. The first-order valence-electron chi connectivity index (χ1n) is 8.21. The largest absolute Gasteiger partial charge is 0.440 e. The normalized spacial score (nSPS) is 16.4. The zero-order valence-corrected chi connectivity index (χ0v) is 13.3. The number of nitriles is 1. The van der Waals surface area contributed by atoms with Crippen molar-refractivity contribution in [1.29, 1.82) is 5.26 Å². The number of hydrogen-bond donors (Lipinski definition) is 0.